The van der Waals surface area contributed by atoms with Gasteiger partial charge in [0.15, 0.2) is 5.82 Å². The fourth-order valence-corrected chi connectivity index (χ4v) is 5.70. The van der Waals surface area contributed by atoms with Crippen LogP contribution in [0.4, 0.5) is 5.82 Å². The topological polar surface area (TPSA) is 110 Å². The van der Waals surface area contributed by atoms with Crippen LogP contribution >= 0.6 is 11.3 Å². The van der Waals surface area contributed by atoms with Crippen LogP contribution in [0.25, 0.3) is 21.1 Å². The Balaban J connectivity index is 1.40. The van der Waals surface area contributed by atoms with Crippen molar-refractivity contribution in [2.75, 3.05) is 18.8 Å². The molecule has 34 heavy (non-hydrogen) atoms. The maximum Gasteiger partial charge on any atom is 0.288 e. The van der Waals surface area contributed by atoms with E-state index in [1.54, 1.807) is 16.2 Å². The maximum atomic E-state index is 12.7. The van der Waals surface area contributed by atoms with E-state index < -0.39 is 0 Å². The first-order chi connectivity index (χ1) is 16.5. The summed E-state index contributed by atoms with van der Waals surface area (Å²) >= 11 is 1.76. The molecule has 1 saturated carbocycles. The number of H-pyrrole nitrogens is 1. The van der Waals surface area contributed by atoms with Crippen LogP contribution in [0, 0.1) is 11.8 Å². The van der Waals surface area contributed by atoms with E-state index in [4.69, 9.17) is 10.7 Å². The largest absolute Gasteiger partial charge is 0.382 e. The van der Waals surface area contributed by atoms with E-state index in [2.05, 4.69) is 34.7 Å². The van der Waals surface area contributed by atoms with E-state index in [0.717, 1.165) is 17.5 Å². The van der Waals surface area contributed by atoms with Crippen LogP contribution in [-0.2, 0) is 4.79 Å². The lowest BCUT2D eigenvalue weighted by Gasteiger charge is -2.16. The molecule has 3 aromatic heterocycles. The van der Waals surface area contributed by atoms with Crippen LogP contribution < -0.4 is 11.3 Å². The molecule has 1 amide bonds. The third-order valence-corrected chi connectivity index (χ3v) is 7.70. The summed E-state index contributed by atoms with van der Waals surface area (Å²) in [5.74, 6) is 7.15. The van der Waals surface area contributed by atoms with Gasteiger partial charge in [-0.3, -0.25) is 9.59 Å². The number of hydrogen-bond donors (Lipinski definition) is 2. The summed E-state index contributed by atoms with van der Waals surface area (Å²) in [7, 11) is 0. The molecule has 170 valence electrons. The molecule has 4 aromatic rings. The molecule has 9 heteroatoms. The van der Waals surface area contributed by atoms with Gasteiger partial charge in [0, 0.05) is 30.8 Å². The van der Waals surface area contributed by atoms with Gasteiger partial charge in [-0.05, 0) is 43.5 Å². The average Bonchev–Trinajstić information content (AvgIpc) is 3.26. The molecule has 4 heterocycles. The molecule has 1 saturated heterocycles. The number of carbonyl (C=O) groups excluding carboxylic acids is 1. The van der Waals surface area contributed by atoms with E-state index in [1.807, 2.05) is 22.9 Å². The van der Waals surface area contributed by atoms with E-state index in [1.165, 1.54) is 28.6 Å². The Morgan fingerprint density at radius 2 is 2.15 bits per heavy atom. The number of benzene rings is 1. The van der Waals surface area contributed by atoms with Crippen LogP contribution in [0.15, 0.2) is 41.8 Å². The van der Waals surface area contributed by atoms with Crippen LogP contribution in [0.1, 0.15) is 47.4 Å². The zero-order valence-corrected chi connectivity index (χ0v) is 19.2. The van der Waals surface area contributed by atoms with E-state index >= 15 is 0 Å². The molecule has 6 rings (SSSR count). The molecule has 0 radical (unpaired) electrons. The summed E-state index contributed by atoms with van der Waals surface area (Å²) in [6.07, 6.45) is 6.34. The molecule has 1 aliphatic heterocycles. The van der Waals surface area contributed by atoms with E-state index in [0.29, 0.717) is 35.5 Å². The third kappa shape index (κ3) is 3.47. The van der Waals surface area contributed by atoms with Crippen molar-refractivity contribution in [1.82, 2.24) is 24.6 Å². The van der Waals surface area contributed by atoms with Crippen molar-refractivity contribution in [1.29, 1.82) is 0 Å². The number of anilines is 1. The molecular formula is C25H22N6O2S. The van der Waals surface area contributed by atoms with Crippen molar-refractivity contribution in [2.45, 2.75) is 31.2 Å². The molecule has 1 aliphatic carbocycles. The fourth-order valence-electron chi connectivity index (χ4n) is 4.58. The lowest BCUT2D eigenvalue weighted by molar-refractivity contribution is -0.125. The van der Waals surface area contributed by atoms with Crippen LogP contribution in [0.3, 0.4) is 0 Å². The Morgan fingerprint density at radius 3 is 2.94 bits per heavy atom. The maximum absolute atomic E-state index is 12.7. The van der Waals surface area contributed by atoms with Crippen molar-refractivity contribution < 1.29 is 4.79 Å². The minimum absolute atomic E-state index is 0.0583. The van der Waals surface area contributed by atoms with Crippen LogP contribution in [0.2, 0.25) is 0 Å². The summed E-state index contributed by atoms with van der Waals surface area (Å²) in [4.78, 5) is 31.3. The van der Waals surface area contributed by atoms with Crippen molar-refractivity contribution in [3.05, 3.63) is 63.5 Å². The highest BCUT2D eigenvalue weighted by Crippen LogP contribution is 2.43. The first-order valence-corrected chi connectivity index (χ1v) is 12.1. The first kappa shape index (κ1) is 20.7. The van der Waals surface area contributed by atoms with Gasteiger partial charge in [0.1, 0.15) is 5.52 Å². The van der Waals surface area contributed by atoms with Crippen molar-refractivity contribution in [3.63, 3.8) is 0 Å². The van der Waals surface area contributed by atoms with Gasteiger partial charge in [0.25, 0.3) is 5.56 Å². The number of aromatic nitrogens is 4. The van der Waals surface area contributed by atoms with Crippen molar-refractivity contribution in [3.8, 4) is 11.8 Å². The number of likely N-dealkylation sites (tertiary alicyclic amines) is 1. The Hall–Kier alpha value is -3.90. The quantitative estimate of drug-likeness (QED) is 0.353. The van der Waals surface area contributed by atoms with E-state index in [9.17, 15) is 9.59 Å². The molecular weight excluding hydrogens is 448 g/mol. The Labute approximate surface area is 199 Å². The summed E-state index contributed by atoms with van der Waals surface area (Å²) in [5.41, 5.74) is 8.72. The average molecular weight is 471 g/mol. The smallest absolute Gasteiger partial charge is 0.288 e. The number of hydrogen-bond acceptors (Lipinski definition) is 6. The number of rotatable bonds is 3. The highest BCUT2D eigenvalue weighted by Gasteiger charge is 2.29. The van der Waals surface area contributed by atoms with Gasteiger partial charge < -0.3 is 15.2 Å². The number of aromatic amines is 1. The van der Waals surface area contributed by atoms with Gasteiger partial charge in [-0.15, -0.1) is 11.3 Å². The van der Waals surface area contributed by atoms with Crippen LogP contribution in [-0.4, -0.2) is 43.6 Å². The highest BCUT2D eigenvalue weighted by atomic mass is 32.1. The summed E-state index contributed by atoms with van der Waals surface area (Å²) in [6.45, 7) is 4.66. The van der Waals surface area contributed by atoms with Crippen LogP contribution in [0.5, 0.6) is 0 Å². The predicted octanol–water partition coefficient (Wildman–Crippen LogP) is 3.15. The summed E-state index contributed by atoms with van der Waals surface area (Å²) in [5, 5.41) is 8.18. The number of nitrogens with zero attached hydrogens (tertiary/aromatic N) is 4. The molecule has 1 aromatic carbocycles. The monoisotopic (exact) mass is 470 g/mol. The van der Waals surface area contributed by atoms with Gasteiger partial charge in [-0.25, -0.2) is 10.1 Å². The number of fused-ring (bicyclic) bond motifs is 2. The minimum atomic E-state index is -0.331. The number of nitrogens with one attached hydrogen (secondary N) is 1. The van der Waals surface area contributed by atoms with E-state index in [-0.39, 0.29) is 23.3 Å². The molecule has 2 aliphatic rings. The second-order valence-corrected chi connectivity index (χ2v) is 9.86. The molecule has 0 bridgehead atoms. The van der Waals surface area contributed by atoms with Gasteiger partial charge in [0.05, 0.1) is 32.2 Å². The molecule has 3 N–H and O–H groups in total. The zero-order valence-electron chi connectivity index (χ0n) is 18.4. The van der Waals surface area contributed by atoms with Gasteiger partial charge in [-0.1, -0.05) is 18.4 Å². The first-order valence-electron chi connectivity index (χ1n) is 11.2. The number of amides is 1. The van der Waals surface area contributed by atoms with Crippen molar-refractivity contribution in [2.24, 2.45) is 0 Å². The van der Waals surface area contributed by atoms with Crippen molar-refractivity contribution >= 4 is 44.2 Å². The third-order valence-electron chi connectivity index (χ3n) is 6.50. The number of carbonyl (C=O) groups is 1. The summed E-state index contributed by atoms with van der Waals surface area (Å²) in [6, 6.07) is 6.01. The Kier molecular flexibility index (Phi) is 4.78. The minimum Gasteiger partial charge on any atom is -0.382 e. The molecule has 2 fully saturated rings. The number of nitrogens with two attached hydrogens (primary N) is 1. The zero-order chi connectivity index (χ0) is 23.4. The molecule has 8 nitrogen and oxygen atoms in total. The number of thiazole rings is 1. The lowest BCUT2D eigenvalue weighted by atomic mass is 10.1. The second-order valence-electron chi connectivity index (χ2n) is 8.80. The molecule has 0 unspecified atom stereocenters. The SMILES string of the molecule is C=CC(=O)N1CC[C@H](n2cc(C#Cc3ccc4sc(C5CC5)nc4c3)c3c(N)n[nH]c(=O)c32)C1. The normalized spacial score (nSPS) is 17.8. The van der Waals surface area contributed by atoms with Gasteiger partial charge >= 0.3 is 0 Å². The lowest BCUT2D eigenvalue weighted by Crippen LogP contribution is -2.27. The Bertz CT molecular complexity index is 1600. The summed E-state index contributed by atoms with van der Waals surface area (Å²) < 4.78 is 3.06. The second kappa shape index (κ2) is 7.85. The molecule has 1 atom stereocenters. The predicted molar refractivity (Wildman–Crippen MR) is 133 cm³/mol. The molecule has 0 spiro atoms. The van der Waals surface area contributed by atoms with Gasteiger partial charge in [-0.2, -0.15) is 5.10 Å². The standard InChI is InChI=1S/C25H22N6O2S/c1-2-20(32)30-10-9-17(13-30)31-12-16(21-22(31)24(33)29-28-23(21)26)5-3-14-4-8-19-18(11-14)27-25(34-19)15-6-7-15/h2,4,8,11-12,15,17H,1,6-7,9-10,13H2,(H2,26,28)(H,29,33)/t17-/m0/s1. The number of nitrogen functional groups attached to an aromatic ring is 1. The fraction of sp³-hybridized carbons (Fsp3) is 0.280. The van der Waals surface area contributed by atoms with Gasteiger partial charge in [0.2, 0.25) is 5.91 Å². The Morgan fingerprint density at radius 1 is 1.29 bits per heavy atom. The highest BCUT2D eigenvalue weighted by molar-refractivity contribution is 7.18.